The van der Waals surface area contributed by atoms with Crippen molar-refractivity contribution >= 4 is 44.0 Å². The van der Waals surface area contributed by atoms with Crippen LogP contribution in [0.5, 0.6) is 0 Å². The number of ether oxygens (including phenoxy) is 1. The van der Waals surface area contributed by atoms with E-state index in [1.54, 1.807) is 27.0 Å². The summed E-state index contributed by atoms with van der Waals surface area (Å²) in [4.78, 5) is 23.8. The summed E-state index contributed by atoms with van der Waals surface area (Å²) in [5, 5.41) is 0. The molecule has 7 nitrogen and oxygen atoms in total. The molecule has 0 unspecified atom stereocenters. The second-order valence-electron chi connectivity index (χ2n) is 8.44. The number of carbonyl (C=O) groups is 1. The molecule has 1 aliphatic carbocycles. The van der Waals surface area contributed by atoms with Crippen LogP contribution in [0.3, 0.4) is 0 Å². The number of carbonyl (C=O) groups excluding carboxylic acids is 1. The van der Waals surface area contributed by atoms with Gasteiger partial charge in [-0.05, 0) is 19.8 Å². The van der Waals surface area contributed by atoms with Gasteiger partial charge in [0, 0.05) is 46.9 Å². The molecule has 2 aliphatic rings. The van der Waals surface area contributed by atoms with E-state index in [1.807, 2.05) is 6.07 Å². The molecule has 150 valence electrons. The first-order chi connectivity index (χ1) is 12.5. The molecule has 3 rings (SSSR count). The van der Waals surface area contributed by atoms with Gasteiger partial charge in [0.25, 0.3) is 5.91 Å². The fraction of sp³-hybridized carbons (Fsp3) is 0.722. The van der Waals surface area contributed by atoms with Crippen molar-refractivity contribution in [3.63, 3.8) is 0 Å². The Kier molecular flexibility index (Phi) is 5.59. The van der Waals surface area contributed by atoms with Gasteiger partial charge in [-0.25, -0.2) is 14.2 Å². The van der Waals surface area contributed by atoms with Crippen molar-refractivity contribution in [1.29, 1.82) is 0 Å². The van der Waals surface area contributed by atoms with Crippen LogP contribution in [0.4, 0.5) is 5.82 Å². The van der Waals surface area contributed by atoms with Crippen LogP contribution in [-0.4, -0.2) is 52.1 Å². The van der Waals surface area contributed by atoms with Crippen LogP contribution < -0.4 is 4.90 Å². The maximum atomic E-state index is 13.5. The average Bonchev–Trinajstić information content (AvgIpc) is 3.35. The summed E-state index contributed by atoms with van der Waals surface area (Å²) in [6.07, 6.45) is 3.03. The molecule has 27 heavy (non-hydrogen) atoms. The maximum absolute atomic E-state index is 13.5. The number of aromatic nitrogens is 2. The third-order valence-corrected chi connectivity index (χ3v) is 8.21. The van der Waals surface area contributed by atoms with Gasteiger partial charge in [0.05, 0.1) is 39.4 Å². The van der Waals surface area contributed by atoms with E-state index < -0.39 is 19.9 Å². The fourth-order valence-corrected chi connectivity index (χ4v) is 5.80. The summed E-state index contributed by atoms with van der Waals surface area (Å²) < 4.78 is 23.1. The number of morpholine rings is 1. The highest BCUT2D eigenvalue weighted by Gasteiger charge is 2.54. The number of hydrogen-bond donors (Lipinski definition) is 0. The van der Waals surface area contributed by atoms with Gasteiger partial charge in [-0.15, -0.1) is 0 Å². The van der Waals surface area contributed by atoms with Crippen LogP contribution in [-0.2, 0) is 24.0 Å². The molecule has 2 heterocycles. The summed E-state index contributed by atoms with van der Waals surface area (Å²) >= 11 is 2.10. The first-order valence-electron chi connectivity index (χ1n) is 9.12. The van der Waals surface area contributed by atoms with E-state index >= 15 is 0 Å². The Bertz CT molecular complexity index is 870. The van der Waals surface area contributed by atoms with Crippen LogP contribution in [0.15, 0.2) is 10.4 Å². The standard InChI is InChI=1S/C18H27IN4O3S/c1-12-11-26-9-8-23(12)14-10-13(20-16(19)21-14)18(6-7-18)27(5,25)22-15(24)17(2,3)4/h10,12H,6-9,11H2,1-5H3/t12-,27-/m1/s1. The highest BCUT2D eigenvalue weighted by molar-refractivity contribution is 14.1. The molecule has 0 bridgehead atoms. The lowest BCUT2D eigenvalue weighted by molar-refractivity contribution is -0.124. The summed E-state index contributed by atoms with van der Waals surface area (Å²) in [5.41, 5.74) is 0.0806. The lowest BCUT2D eigenvalue weighted by Gasteiger charge is -2.34. The molecule has 1 aromatic heterocycles. The van der Waals surface area contributed by atoms with Gasteiger partial charge < -0.3 is 9.64 Å². The van der Waals surface area contributed by atoms with Crippen molar-refractivity contribution in [1.82, 2.24) is 9.97 Å². The van der Waals surface area contributed by atoms with E-state index in [0.717, 1.165) is 18.1 Å². The Balaban J connectivity index is 2.02. The highest BCUT2D eigenvalue weighted by atomic mass is 127. The van der Waals surface area contributed by atoms with Gasteiger partial charge in [-0.1, -0.05) is 20.8 Å². The van der Waals surface area contributed by atoms with Crippen molar-refractivity contribution < 1.29 is 13.7 Å². The lowest BCUT2D eigenvalue weighted by Crippen LogP contribution is -2.44. The zero-order chi connectivity index (χ0) is 20.0. The number of hydrogen-bond acceptors (Lipinski definition) is 6. The number of amides is 1. The number of nitrogens with zero attached hydrogens (tertiary/aromatic N) is 4. The van der Waals surface area contributed by atoms with Gasteiger partial charge in [-0.2, -0.15) is 4.36 Å². The summed E-state index contributed by atoms with van der Waals surface area (Å²) in [7, 11) is -2.77. The quantitative estimate of drug-likeness (QED) is 0.463. The second kappa shape index (κ2) is 7.22. The molecule has 0 N–H and O–H groups in total. The van der Waals surface area contributed by atoms with Crippen molar-refractivity contribution in [2.24, 2.45) is 9.78 Å². The number of anilines is 1. The Hall–Kier alpha value is -0.810. The molecule has 9 heteroatoms. The minimum absolute atomic E-state index is 0.214. The summed E-state index contributed by atoms with van der Waals surface area (Å²) in [5.74, 6) is 0.496. The van der Waals surface area contributed by atoms with E-state index in [0.29, 0.717) is 29.9 Å². The van der Waals surface area contributed by atoms with E-state index in [9.17, 15) is 9.00 Å². The monoisotopic (exact) mass is 506 g/mol. The van der Waals surface area contributed by atoms with Crippen molar-refractivity contribution in [2.75, 3.05) is 30.9 Å². The van der Waals surface area contributed by atoms with Crippen LogP contribution in [0.1, 0.15) is 46.2 Å². The van der Waals surface area contributed by atoms with Crippen molar-refractivity contribution in [3.05, 3.63) is 15.6 Å². The summed E-state index contributed by atoms with van der Waals surface area (Å²) in [6.45, 7) is 9.54. The predicted molar refractivity (Wildman–Crippen MR) is 114 cm³/mol. The normalized spacial score (nSPS) is 24.2. The summed E-state index contributed by atoms with van der Waals surface area (Å²) in [6, 6.07) is 2.14. The Morgan fingerprint density at radius 1 is 1.41 bits per heavy atom. The van der Waals surface area contributed by atoms with Crippen molar-refractivity contribution in [2.45, 2.75) is 51.3 Å². The average molecular weight is 506 g/mol. The van der Waals surface area contributed by atoms with Gasteiger partial charge in [0.2, 0.25) is 0 Å². The van der Waals surface area contributed by atoms with Crippen LogP contribution >= 0.6 is 22.6 Å². The van der Waals surface area contributed by atoms with Crippen LogP contribution in [0.25, 0.3) is 0 Å². The topological polar surface area (TPSA) is 84.8 Å². The van der Waals surface area contributed by atoms with Gasteiger partial charge in [-0.3, -0.25) is 4.79 Å². The largest absolute Gasteiger partial charge is 0.377 e. The SMILES string of the molecule is C[C@@H]1COCCN1c1cc(C2([S@@](C)(=O)=NC(=O)C(C)(C)C)CC2)nc(I)n1. The van der Waals surface area contributed by atoms with Crippen molar-refractivity contribution in [3.8, 4) is 0 Å². The zero-order valence-electron chi connectivity index (χ0n) is 16.5. The molecule has 2 atom stereocenters. The number of rotatable bonds is 3. The molecule has 1 aromatic rings. The van der Waals surface area contributed by atoms with E-state index in [1.165, 1.54) is 0 Å². The van der Waals surface area contributed by atoms with Gasteiger partial charge in [0.15, 0.2) is 3.83 Å². The fourth-order valence-electron chi connectivity index (χ4n) is 3.18. The molecular weight excluding hydrogens is 479 g/mol. The molecular formula is C18H27IN4O3S. The van der Waals surface area contributed by atoms with Crippen LogP contribution in [0, 0.1) is 9.25 Å². The van der Waals surface area contributed by atoms with E-state index in [2.05, 4.69) is 48.7 Å². The number of halogens is 1. The van der Waals surface area contributed by atoms with Gasteiger partial charge in [0.1, 0.15) is 5.82 Å². The molecule has 1 aliphatic heterocycles. The first kappa shape index (κ1) is 20.9. The maximum Gasteiger partial charge on any atom is 0.259 e. The Morgan fingerprint density at radius 3 is 2.63 bits per heavy atom. The molecule has 0 aromatic carbocycles. The molecule has 2 fully saturated rings. The molecule has 1 amide bonds. The molecule has 1 saturated carbocycles. The van der Waals surface area contributed by atoms with Crippen LogP contribution in [0.2, 0.25) is 0 Å². The van der Waals surface area contributed by atoms with E-state index in [-0.39, 0.29) is 11.9 Å². The minimum atomic E-state index is -2.77. The van der Waals surface area contributed by atoms with E-state index in [4.69, 9.17) is 4.74 Å². The third-order valence-electron chi connectivity index (χ3n) is 5.14. The lowest BCUT2D eigenvalue weighted by atomic mass is 9.96. The minimum Gasteiger partial charge on any atom is -0.377 e. The Morgan fingerprint density at radius 2 is 2.07 bits per heavy atom. The first-order valence-corrected chi connectivity index (χ1v) is 12.1. The molecule has 0 spiro atoms. The Labute approximate surface area is 175 Å². The molecule has 0 radical (unpaired) electrons. The van der Waals surface area contributed by atoms with Gasteiger partial charge >= 0.3 is 0 Å². The predicted octanol–water partition coefficient (Wildman–Crippen LogP) is 2.97. The highest BCUT2D eigenvalue weighted by Crippen LogP contribution is 2.53. The smallest absolute Gasteiger partial charge is 0.259 e. The third kappa shape index (κ3) is 4.14. The molecule has 1 saturated heterocycles. The second-order valence-corrected chi connectivity index (χ2v) is 12.0. The zero-order valence-corrected chi connectivity index (χ0v) is 19.5.